The summed E-state index contributed by atoms with van der Waals surface area (Å²) in [7, 11) is 1.59. The summed E-state index contributed by atoms with van der Waals surface area (Å²) in [4.78, 5) is 28.0. The van der Waals surface area contributed by atoms with Crippen molar-refractivity contribution >= 4 is 46.8 Å². The largest absolute Gasteiger partial charge is 0.350 e. The molecule has 0 spiro atoms. The van der Waals surface area contributed by atoms with Crippen LogP contribution in [0, 0.1) is 11.3 Å². The Morgan fingerprint density at radius 2 is 2.11 bits per heavy atom. The zero-order chi connectivity index (χ0) is 19.8. The molecule has 2 aliphatic heterocycles. The fraction of sp³-hybridized carbons (Fsp3) is 0.500. The molecule has 146 valence electrons. The van der Waals surface area contributed by atoms with Crippen molar-refractivity contribution in [2.75, 3.05) is 25.5 Å². The van der Waals surface area contributed by atoms with Crippen LogP contribution in [-0.2, 0) is 4.79 Å². The number of nitrogens with zero attached hydrogens (tertiary/aromatic N) is 2. The molecule has 2 fully saturated rings. The molecule has 9 heteroatoms. The highest BCUT2D eigenvalue weighted by Crippen LogP contribution is 2.33. The topological polar surface area (TPSA) is 88.5 Å². The predicted molar refractivity (Wildman–Crippen MR) is 106 cm³/mol. The van der Waals surface area contributed by atoms with E-state index in [0.29, 0.717) is 35.2 Å². The molecule has 0 bridgehead atoms. The van der Waals surface area contributed by atoms with Crippen molar-refractivity contribution in [3.8, 4) is 0 Å². The number of halogens is 2. The molecular formula is C18H23Cl2N5O2. The van der Waals surface area contributed by atoms with Crippen molar-refractivity contribution in [3.05, 3.63) is 28.2 Å². The average molecular weight is 412 g/mol. The second-order valence-corrected chi connectivity index (χ2v) is 8.18. The van der Waals surface area contributed by atoms with Gasteiger partial charge in [-0.25, -0.2) is 4.79 Å². The Bertz CT molecular complexity index is 767. The van der Waals surface area contributed by atoms with Crippen molar-refractivity contribution in [1.29, 1.82) is 5.41 Å². The molecule has 1 aromatic rings. The third-order valence-electron chi connectivity index (χ3n) is 5.41. The first kappa shape index (κ1) is 19.8. The van der Waals surface area contributed by atoms with Crippen molar-refractivity contribution in [1.82, 2.24) is 15.1 Å². The molecule has 7 nitrogen and oxygen atoms in total. The smallest absolute Gasteiger partial charge is 0.321 e. The number of nitrogens with one attached hydrogen (secondary N) is 3. The number of hydrogen-bond acceptors (Lipinski definition) is 3. The maximum absolute atomic E-state index is 12.7. The van der Waals surface area contributed by atoms with Crippen LogP contribution in [0.3, 0.4) is 0 Å². The molecular weight excluding hydrogens is 389 g/mol. The summed E-state index contributed by atoms with van der Waals surface area (Å²) in [5.74, 6) is 0.0913. The molecule has 2 atom stereocenters. The molecule has 2 heterocycles. The molecule has 0 aliphatic carbocycles. The van der Waals surface area contributed by atoms with Crippen LogP contribution in [0.25, 0.3) is 0 Å². The Labute approximate surface area is 168 Å². The zero-order valence-electron chi connectivity index (χ0n) is 15.3. The Morgan fingerprint density at radius 3 is 2.78 bits per heavy atom. The summed E-state index contributed by atoms with van der Waals surface area (Å²) in [6.45, 7) is 3.11. The highest BCUT2D eigenvalue weighted by Gasteiger charge is 2.44. The van der Waals surface area contributed by atoms with E-state index >= 15 is 0 Å². The lowest BCUT2D eigenvalue weighted by Gasteiger charge is -2.47. The molecule has 0 radical (unpaired) electrons. The van der Waals surface area contributed by atoms with Crippen molar-refractivity contribution in [2.24, 2.45) is 5.92 Å². The molecule has 3 N–H and O–H groups in total. The van der Waals surface area contributed by atoms with E-state index in [-0.39, 0.29) is 23.8 Å². The first-order valence-corrected chi connectivity index (χ1v) is 9.59. The van der Waals surface area contributed by atoms with E-state index in [9.17, 15) is 9.59 Å². The van der Waals surface area contributed by atoms with Crippen LogP contribution in [-0.4, -0.2) is 53.4 Å². The molecule has 27 heavy (non-hydrogen) atoms. The number of likely N-dealkylation sites (tertiary alicyclic amines) is 1. The van der Waals surface area contributed by atoms with Crippen LogP contribution in [0.2, 0.25) is 10.0 Å². The van der Waals surface area contributed by atoms with Gasteiger partial charge in [0.05, 0.1) is 22.0 Å². The summed E-state index contributed by atoms with van der Waals surface area (Å²) in [6.07, 6.45) is 2.04. The van der Waals surface area contributed by atoms with Gasteiger partial charge in [-0.3, -0.25) is 15.1 Å². The van der Waals surface area contributed by atoms with Gasteiger partial charge in [0.15, 0.2) is 5.96 Å². The summed E-state index contributed by atoms with van der Waals surface area (Å²) >= 11 is 11.9. The molecule has 2 aliphatic rings. The summed E-state index contributed by atoms with van der Waals surface area (Å²) < 4.78 is 0. The highest BCUT2D eigenvalue weighted by molar-refractivity contribution is 6.42. The Kier molecular flexibility index (Phi) is 5.53. The summed E-state index contributed by atoms with van der Waals surface area (Å²) in [6, 6.07) is 4.74. The minimum Gasteiger partial charge on any atom is -0.350 e. The number of hydrogen-bond donors (Lipinski definition) is 3. The lowest BCUT2D eigenvalue weighted by Crippen LogP contribution is -2.65. The van der Waals surface area contributed by atoms with Crippen molar-refractivity contribution < 1.29 is 9.59 Å². The van der Waals surface area contributed by atoms with Crippen LogP contribution in [0.1, 0.15) is 26.2 Å². The van der Waals surface area contributed by atoms with Crippen molar-refractivity contribution in [3.63, 3.8) is 0 Å². The highest BCUT2D eigenvalue weighted by atomic mass is 35.5. The third-order valence-corrected chi connectivity index (χ3v) is 6.15. The van der Waals surface area contributed by atoms with Gasteiger partial charge in [-0.15, -0.1) is 0 Å². The van der Waals surface area contributed by atoms with Gasteiger partial charge in [0, 0.05) is 25.8 Å². The monoisotopic (exact) mass is 411 g/mol. The number of piperidine rings is 1. The van der Waals surface area contributed by atoms with Gasteiger partial charge >= 0.3 is 6.03 Å². The molecule has 2 saturated heterocycles. The van der Waals surface area contributed by atoms with Crippen LogP contribution >= 0.6 is 23.2 Å². The quantitative estimate of drug-likeness (QED) is 0.696. The fourth-order valence-corrected chi connectivity index (χ4v) is 3.96. The van der Waals surface area contributed by atoms with E-state index < -0.39 is 5.54 Å². The maximum Gasteiger partial charge on any atom is 0.321 e. The molecule has 3 rings (SSSR count). The van der Waals surface area contributed by atoms with Gasteiger partial charge in [0.25, 0.3) is 0 Å². The number of rotatable bonds is 2. The van der Waals surface area contributed by atoms with E-state index in [4.69, 9.17) is 28.6 Å². The Balaban J connectivity index is 1.68. The SMILES string of the molecule is CN1C(=N)N[C@](C)(C2CCCN(C(=O)Nc3ccc(Cl)c(Cl)c3)C2)CC1=O. The number of anilines is 1. The minimum absolute atomic E-state index is 0.0730. The first-order chi connectivity index (χ1) is 12.7. The second kappa shape index (κ2) is 7.56. The van der Waals surface area contributed by atoms with Crippen LogP contribution < -0.4 is 10.6 Å². The Hall–Kier alpha value is -1.99. The molecule has 3 amide bonds. The normalized spacial score (nSPS) is 26.0. The fourth-order valence-electron chi connectivity index (χ4n) is 3.66. The van der Waals surface area contributed by atoms with E-state index in [0.717, 1.165) is 12.8 Å². The summed E-state index contributed by atoms with van der Waals surface area (Å²) in [5, 5.41) is 14.8. The van der Waals surface area contributed by atoms with E-state index in [1.54, 1.807) is 30.1 Å². The average Bonchev–Trinajstić information content (AvgIpc) is 2.63. The van der Waals surface area contributed by atoms with E-state index in [1.165, 1.54) is 4.90 Å². The van der Waals surface area contributed by atoms with Crippen LogP contribution in [0.15, 0.2) is 18.2 Å². The maximum atomic E-state index is 12.7. The third kappa shape index (κ3) is 4.14. The first-order valence-electron chi connectivity index (χ1n) is 8.84. The molecule has 0 aromatic heterocycles. The lowest BCUT2D eigenvalue weighted by molar-refractivity contribution is -0.130. The van der Waals surface area contributed by atoms with E-state index in [1.807, 2.05) is 6.92 Å². The molecule has 1 aromatic carbocycles. The zero-order valence-corrected chi connectivity index (χ0v) is 16.8. The standard InChI is InChI=1S/C18H23Cl2N5O2/c1-18(9-15(26)24(2)16(21)23-18)11-4-3-7-25(10-11)17(27)22-12-5-6-13(19)14(20)8-12/h5-6,8,11H,3-4,7,9-10H2,1-2H3,(H2,21,23)(H,22,27)/t11?,18-/m0/s1. The van der Waals surface area contributed by atoms with Gasteiger partial charge in [-0.2, -0.15) is 0 Å². The van der Waals surface area contributed by atoms with Crippen LogP contribution in [0.4, 0.5) is 10.5 Å². The minimum atomic E-state index is -0.538. The number of amides is 3. The van der Waals surface area contributed by atoms with Crippen molar-refractivity contribution in [2.45, 2.75) is 31.7 Å². The van der Waals surface area contributed by atoms with Gasteiger partial charge in [-0.05, 0) is 43.9 Å². The second-order valence-electron chi connectivity index (χ2n) is 7.36. The van der Waals surface area contributed by atoms with Crippen LogP contribution in [0.5, 0.6) is 0 Å². The van der Waals surface area contributed by atoms with Gasteiger partial charge < -0.3 is 15.5 Å². The van der Waals surface area contributed by atoms with Gasteiger partial charge in [-0.1, -0.05) is 23.2 Å². The van der Waals surface area contributed by atoms with Gasteiger partial charge in [0.1, 0.15) is 0 Å². The number of carbonyl (C=O) groups excluding carboxylic acids is 2. The number of benzene rings is 1. The molecule has 1 unspecified atom stereocenters. The summed E-state index contributed by atoms with van der Waals surface area (Å²) in [5.41, 5.74) is 0.0422. The molecule has 0 saturated carbocycles. The Morgan fingerprint density at radius 1 is 1.37 bits per heavy atom. The number of guanidine groups is 1. The number of carbonyl (C=O) groups is 2. The number of urea groups is 1. The predicted octanol–water partition coefficient (Wildman–Crippen LogP) is 3.38. The van der Waals surface area contributed by atoms with E-state index in [2.05, 4.69) is 10.6 Å². The van der Waals surface area contributed by atoms with Gasteiger partial charge in [0.2, 0.25) is 5.91 Å². The lowest BCUT2D eigenvalue weighted by atomic mass is 9.76.